The summed E-state index contributed by atoms with van der Waals surface area (Å²) in [6, 6.07) is 0.443. The Morgan fingerprint density at radius 3 is 3.08 bits per heavy atom. The summed E-state index contributed by atoms with van der Waals surface area (Å²) in [6.07, 6.45) is 4.77. The van der Waals surface area contributed by atoms with Gasteiger partial charge in [0.05, 0.1) is 12.9 Å². The smallest absolute Gasteiger partial charge is 0.303 e. The average molecular weight is 170 g/mol. The lowest BCUT2D eigenvalue weighted by Gasteiger charge is -2.07. The van der Waals surface area contributed by atoms with Gasteiger partial charge in [-0.1, -0.05) is 6.42 Å². The molecule has 0 saturated heterocycles. The quantitative estimate of drug-likeness (QED) is 0.595. The topological polar surface area (TPSA) is 61.7 Å². The molecule has 1 aliphatic rings. The third kappa shape index (κ3) is 3.37. The lowest BCUT2D eigenvalue weighted by atomic mass is 10.1. The van der Waals surface area contributed by atoms with Crippen LogP contribution in [0.2, 0.25) is 0 Å². The predicted molar refractivity (Wildman–Crippen MR) is 46.4 cm³/mol. The van der Waals surface area contributed by atoms with Gasteiger partial charge in [-0.3, -0.25) is 9.79 Å². The SMILES string of the molecule is O=C(O)CCCCC1CN=CN1. The van der Waals surface area contributed by atoms with Gasteiger partial charge in [-0.05, 0) is 12.8 Å². The Balaban J connectivity index is 1.92. The summed E-state index contributed by atoms with van der Waals surface area (Å²) < 4.78 is 0. The van der Waals surface area contributed by atoms with E-state index in [1.807, 2.05) is 0 Å². The second kappa shape index (κ2) is 4.74. The first kappa shape index (κ1) is 9.03. The Morgan fingerprint density at radius 1 is 1.67 bits per heavy atom. The lowest BCUT2D eigenvalue weighted by Crippen LogP contribution is -2.24. The van der Waals surface area contributed by atoms with E-state index in [2.05, 4.69) is 10.3 Å². The fourth-order valence-electron chi connectivity index (χ4n) is 1.23. The van der Waals surface area contributed by atoms with Crippen molar-refractivity contribution < 1.29 is 9.90 Å². The van der Waals surface area contributed by atoms with Gasteiger partial charge in [-0.25, -0.2) is 0 Å². The van der Waals surface area contributed by atoms with Crippen LogP contribution in [-0.2, 0) is 4.79 Å². The summed E-state index contributed by atoms with van der Waals surface area (Å²) in [5.41, 5.74) is 0. The van der Waals surface area contributed by atoms with Crippen LogP contribution >= 0.6 is 0 Å². The van der Waals surface area contributed by atoms with E-state index in [1.54, 1.807) is 6.34 Å². The van der Waals surface area contributed by atoms with Crippen molar-refractivity contribution in [1.82, 2.24) is 5.32 Å². The summed E-state index contributed by atoms with van der Waals surface area (Å²) in [6.45, 7) is 0.840. The Kier molecular flexibility index (Phi) is 3.57. The van der Waals surface area contributed by atoms with Crippen molar-refractivity contribution in [3.8, 4) is 0 Å². The Bertz CT molecular complexity index is 172. The monoisotopic (exact) mass is 170 g/mol. The van der Waals surface area contributed by atoms with Gasteiger partial charge in [0.2, 0.25) is 0 Å². The second-order valence-electron chi connectivity index (χ2n) is 3.00. The first-order valence-electron chi connectivity index (χ1n) is 4.25. The van der Waals surface area contributed by atoms with E-state index in [4.69, 9.17) is 5.11 Å². The van der Waals surface area contributed by atoms with E-state index in [0.29, 0.717) is 6.04 Å². The van der Waals surface area contributed by atoms with Crippen LogP contribution in [0.5, 0.6) is 0 Å². The molecule has 0 bridgehead atoms. The van der Waals surface area contributed by atoms with Gasteiger partial charge in [0.1, 0.15) is 0 Å². The predicted octanol–water partition coefficient (Wildman–Crippen LogP) is 0.631. The van der Waals surface area contributed by atoms with Crippen molar-refractivity contribution in [2.24, 2.45) is 4.99 Å². The largest absolute Gasteiger partial charge is 0.481 e. The molecular weight excluding hydrogens is 156 g/mol. The number of carboxylic acid groups (broad SMARTS) is 1. The molecule has 0 saturated carbocycles. The molecular formula is C8H14N2O2. The number of rotatable bonds is 5. The number of hydrogen-bond acceptors (Lipinski definition) is 3. The highest BCUT2D eigenvalue weighted by Crippen LogP contribution is 2.05. The summed E-state index contributed by atoms with van der Waals surface area (Å²) in [4.78, 5) is 14.2. The van der Waals surface area contributed by atoms with Crippen LogP contribution in [0.1, 0.15) is 25.7 Å². The molecule has 1 unspecified atom stereocenters. The molecule has 0 radical (unpaired) electrons. The highest BCUT2D eigenvalue weighted by Gasteiger charge is 2.09. The van der Waals surface area contributed by atoms with E-state index >= 15 is 0 Å². The van der Waals surface area contributed by atoms with E-state index in [0.717, 1.165) is 25.8 Å². The summed E-state index contributed by atoms with van der Waals surface area (Å²) in [5, 5.41) is 11.5. The van der Waals surface area contributed by atoms with Crippen LogP contribution in [0.15, 0.2) is 4.99 Å². The molecule has 0 aromatic heterocycles. The Morgan fingerprint density at radius 2 is 2.50 bits per heavy atom. The number of carboxylic acids is 1. The molecule has 0 aliphatic carbocycles. The zero-order valence-electron chi connectivity index (χ0n) is 6.99. The van der Waals surface area contributed by atoms with Gasteiger partial charge < -0.3 is 10.4 Å². The molecule has 1 rings (SSSR count). The van der Waals surface area contributed by atoms with Gasteiger partial charge in [0.25, 0.3) is 0 Å². The van der Waals surface area contributed by atoms with Crippen molar-refractivity contribution >= 4 is 12.3 Å². The Labute approximate surface area is 71.7 Å². The highest BCUT2D eigenvalue weighted by atomic mass is 16.4. The van der Waals surface area contributed by atoms with Crippen LogP contribution in [0.4, 0.5) is 0 Å². The standard InChI is InChI=1S/C8H14N2O2/c11-8(12)4-2-1-3-7-5-9-6-10-7/h6-7H,1-5H2,(H,9,10)(H,11,12). The maximum atomic E-state index is 10.2. The maximum absolute atomic E-state index is 10.2. The van der Waals surface area contributed by atoms with Crippen molar-refractivity contribution in [3.63, 3.8) is 0 Å². The molecule has 1 aliphatic heterocycles. The highest BCUT2D eigenvalue weighted by molar-refractivity contribution is 5.66. The molecule has 1 atom stereocenters. The number of hydrogen-bond donors (Lipinski definition) is 2. The molecule has 2 N–H and O–H groups in total. The van der Waals surface area contributed by atoms with Crippen LogP contribution < -0.4 is 5.32 Å². The molecule has 0 fully saturated rings. The van der Waals surface area contributed by atoms with Gasteiger partial charge in [0, 0.05) is 12.5 Å². The first-order valence-corrected chi connectivity index (χ1v) is 4.25. The maximum Gasteiger partial charge on any atom is 0.303 e. The number of nitrogens with one attached hydrogen (secondary N) is 1. The number of nitrogens with zero attached hydrogens (tertiary/aromatic N) is 1. The van der Waals surface area contributed by atoms with E-state index in [9.17, 15) is 4.79 Å². The third-order valence-electron chi connectivity index (χ3n) is 1.92. The zero-order valence-corrected chi connectivity index (χ0v) is 6.99. The molecule has 0 aromatic carbocycles. The third-order valence-corrected chi connectivity index (χ3v) is 1.92. The van der Waals surface area contributed by atoms with Crippen LogP contribution in [-0.4, -0.2) is 30.0 Å². The average Bonchev–Trinajstić information content (AvgIpc) is 2.49. The van der Waals surface area contributed by atoms with Gasteiger partial charge in [0.15, 0.2) is 0 Å². The van der Waals surface area contributed by atoms with Crippen molar-refractivity contribution in [2.45, 2.75) is 31.7 Å². The van der Waals surface area contributed by atoms with Crippen molar-refractivity contribution in [1.29, 1.82) is 0 Å². The van der Waals surface area contributed by atoms with Crippen molar-refractivity contribution in [2.75, 3.05) is 6.54 Å². The Hall–Kier alpha value is -1.06. The normalized spacial score (nSPS) is 20.8. The second-order valence-corrected chi connectivity index (χ2v) is 3.00. The minimum atomic E-state index is -0.703. The summed E-state index contributed by atoms with van der Waals surface area (Å²) in [5.74, 6) is -0.703. The molecule has 68 valence electrons. The van der Waals surface area contributed by atoms with E-state index in [1.165, 1.54) is 0 Å². The van der Waals surface area contributed by atoms with Crippen LogP contribution in [0, 0.1) is 0 Å². The van der Waals surface area contributed by atoms with Gasteiger partial charge in [-0.15, -0.1) is 0 Å². The number of carbonyl (C=O) groups is 1. The summed E-state index contributed by atoms with van der Waals surface area (Å²) >= 11 is 0. The number of aliphatic imine (C=N–C) groups is 1. The molecule has 4 heteroatoms. The molecule has 4 nitrogen and oxygen atoms in total. The fourth-order valence-corrected chi connectivity index (χ4v) is 1.23. The van der Waals surface area contributed by atoms with E-state index in [-0.39, 0.29) is 6.42 Å². The van der Waals surface area contributed by atoms with Crippen molar-refractivity contribution in [3.05, 3.63) is 0 Å². The first-order chi connectivity index (χ1) is 5.79. The number of aliphatic carboxylic acids is 1. The molecule has 0 aromatic rings. The van der Waals surface area contributed by atoms with Crippen LogP contribution in [0.3, 0.4) is 0 Å². The minimum Gasteiger partial charge on any atom is -0.481 e. The lowest BCUT2D eigenvalue weighted by molar-refractivity contribution is -0.137. The van der Waals surface area contributed by atoms with Gasteiger partial charge in [-0.2, -0.15) is 0 Å². The molecule has 0 amide bonds. The minimum absolute atomic E-state index is 0.285. The number of unbranched alkanes of at least 4 members (excludes halogenated alkanes) is 1. The summed E-state index contributed by atoms with van der Waals surface area (Å²) in [7, 11) is 0. The molecule has 0 spiro atoms. The van der Waals surface area contributed by atoms with E-state index < -0.39 is 5.97 Å². The van der Waals surface area contributed by atoms with Gasteiger partial charge >= 0.3 is 5.97 Å². The fraction of sp³-hybridized carbons (Fsp3) is 0.750. The van der Waals surface area contributed by atoms with Crippen LogP contribution in [0.25, 0.3) is 0 Å². The molecule has 12 heavy (non-hydrogen) atoms. The molecule has 1 heterocycles. The zero-order chi connectivity index (χ0) is 8.81.